The van der Waals surface area contributed by atoms with E-state index in [4.69, 9.17) is 9.84 Å². The van der Waals surface area contributed by atoms with Crippen LogP contribution in [-0.4, -0.2) is 29.6 Å². The van der Waals surface area contributed by atoms with E-state index >= 15 is 0 Å². The fourth-order valence-electron chi connectivity index (χ4n) is 1.62. The largest absolute Gasteiger partial charge is 0.480 e. The van der Waals surface area contributed by atoms with Crippen LogP contribution in [0.4, 0.5) is 0 Å². The third-order valence-corrected chi connectivity index (χ3v) is 2.60. The SMILES string of the molecule is Cc1ccccc1CC1=NC(C(=O)O)CO1. The van der Waals surface area contributed by atoms with E-state index in [2.05, 4.69) is 4.99 Å². The summed E-state index contributed by atoms with van der Waals surface area (Å²) in [6, 6.07) is 7.19. The Hall–Kier alpha value is -1.84. The molecule has 1 aliphatic heterocycles. The van der Waals surface area contributed by atoms with Gasteiger partial charge >= 0.3 is 5.97 Å². The highest BCUT2D eigenvalue weighted by atomic mass is 16.5. The molecule has 16 heavy (non-hydrogen) atoms. The molecule has 1 N–H and O–H groups in total. The first-order valence-corrected chi connectivity index (χ1v) is 5.13. The van der Waals surface area contributed by atoms with E-state index in [-0.39, 0.29) is 6.61 Å². The summed E-state index contributed by atoms with van der Waals surface area (Å²) in [6.45, 7) is 2.16. The summed E-state index contributed by atoms with van der Waals surface area (Å²) in [6.07, 6.45) is 0.566. The van der Waals surface area contributed by atoms with Crippen LogP contribution in [0, 0.1) is 6.92 Å². The highest BCUT2D eigenvalue weighted by molar-refractivity contribution is 5.86. The molecule has 1 unspecified atom stereocenters. The number of carboxylic acid groups (broad SMARTS) is 1. The molecule has 4 nitrogen and oxygen atoms in total. The molecule has 0 fully saturated rings. The number of ether oxygens (including phenoxy) is 1. The number of carboxylic acids is 1. The molecule has 4 heteroatoms. The van der Waals surface area contributed by atoms with Crippen molar-refractivity contribution in [2.75, 3.05) is 6.61 Å². The van der Waals surface area contributed by atoms with Gasteiger partial charge in [0.2, 0.25) is 0 Å². The maximum Gasteiger partial charge on any atom is 0.332 e. The van der Waals surface area contributed by atoms with Crippen molar-refractivity contribution in [3.8, 4) is 0 Å². The number of carbonyl (C=O) groups is 1. The number of nitrogens with zero attached hydrogens (tertiary/aromatic N) is 1. The number of aliphatic imine (C=N–C) groups is 1. The lowest BCUT2D eigenvalue weighted by molar-refractivity contribution is -0.138. The molecule has 0 radical (unpaired) electrons. The van der Waals surface area contributed by atoms with Crippen LogP contribution in [0.1, 0.15) is 11.1 Å². The van der Waals surface area contributed by atoms with Crippen LogP contribution in [0.5, 0.6) is 0 Å². The van der Waals surface area contributed by atoms with E-state index < -0.39 is 12.0 Å². The third-order valence-electron chi connectivity index (χ3n) is 2.60. The normalized spacial score (nSPS) is 19.1. The predicted molar refractivity (Wildman–Crippen MR) is 59.7 cm³/mol. The van der Waals surface area contributed by atoms with Crippen molar-refractivity contribution in [2.24, 2.45) is 4.99 Å². The lowest BCUT2D eigenvalue weighted by atomic mass is 10.1. The van der Waals surface area contributed by atoms with Gasteiger partial charge in [-0.1, -0.05) is 24.3 Å². The summed E-state index contributed by atoms with van der Waals surface area (Å²) in [7, 11) is 0. The second-order valence-corrected chi connectivity index (χ2v) is 3.79. The molecule has 0 saturated heterocycles. The molecule has 0 aromatic heterocycles. The number of hydrogen-bond acceptors (Lipinski definition) is 3. The average molecular weight is 219 g/mol. The maximum atomic E-state index is 10.7. The topological polar surface area (TPSA) is 58.9 Å². The minimum absolute atomic E-state index is 0.149. The summed E-state index contributed by atoms with van der Waals surface area (Å²) >= 11 is 0. The molecule has 1 heterocycles. The Balaban J connectivity index is 2.09. The minimum atomic E-state index is -0.931. The van der Waals surface area contributed by atoms with Crippen molar-refractivity contribution in [3.63, 3.8) is 0 Å². The second kappa shape index (κ2) is 4.35. The van der Waals surface area contributed by atoms with E-state index in [1.54, 1.807) is 0 Å². The van der Waals surface area contributed by atoms with Gasteiger partial charge in [-0.25, -0.2) is 9.79 Å². The van der Waals surface area contributed by atoms with Gasteiger partial charge < -0.3 is 9.84 Å². The average Bonchev–Trinajstić information content (AvgIpc) is 2.70. The van der Waals surface area contributed by atoms with E-state index in [0.29, 0.717) is 12.3 Å². The Kier molecular flexibility index (Phi) is 2.90. The van der Waals surface area contributed by atoms with E-state index in [0.717, 1.165) is 11.1 Å². The molecule has 1 aromatic rings. The van der Waals surface area contributed by atoms with Gasteiger partial charge in [0.25, 0.3) is 0 Å². The second-order valence-electron chi connectivity index (χ2n) is 3.79. The quantitative estimate of drug-likeness (QED) is 0.836. The fraction of sp³-hybridized carbons (Fsp3) is 0.333. The molecule has 1 atom stereocenters. The van der Waals surface area contributed by atoms with Gasteiger partial charge in [0, 0.05) is 6.42 Å². The third kappa shape index (κ3) is 2.21. The fourth-order valence-corrected chi connectivity index (χ4v) is 1.62. The lowest BCUT2D eigenvalue weighted by Gasteiger charge is -2.04. The van der Waals surface area contributed by atoms with Crippen molar-refractivity contribution in [2.45, 2.75) is 19.4 Å². The number of aliphatic carboxylic acids is 1. The predicted octanol–water partition coefficient (Wildman–Crippen LogP) is 1.42. The van der Waals surface area contributed by atoms with Crippen molar-refractivity contribution >= 4 is 11.9 Å². The van der Waals surface area contributed by atoms with Gasteiger partial charge in [-0.3, -0.25) is 0 Å². The first kappa shape index (κ1) is 10.7. The molecule has 1 aliphatic rings. The van der Waals surface area contributed by atoms with Crippen LogP contribution in [0.15, 0.2) is 29.3 Å². The smallest absolute Gasteiger partial charge is 0.332 e. The Bertz CT molecular complexity index is 440. The minimum Gasteiger partial charge on any atom is -0.480 e. The van der Waals surface area contributed by atoms with Gasteiger partial charge in [-0.2, -0.15) is 0 Å². The Morgan fingerprint density at radius 2 is 2.31 bits per heavy atom. The van der Waals surface area contributed by atoms with Gasteiger partial charge in [-0.15, -0.1) is 0 Å². The lowest BCUT2D eigenvalue weighted by Crippen LogP contribution is -2.18. The first-order valence-electron chi connectivity index (χ1n) is 5.13. The van der Waals surface area contributed by atoms with Crippen molar-refractivity contribution in [1.29, 1.82) is 0 Å². The Morgan fingerprint density at radius 3 is 2.94 bits per heavy atom. The van der Waals surface area contributed by atoms with Crippen LogP contribution < -0.4 is 0 Å². The van der Waals surface area contributed by atoms with Crippen LogP contribution in [-0.2, 0) is 16.0 Å². The van der Waals surface area contributed by atoms with Crippen molar-refractivity contribution in [3.05, 3.63) is 35.4 Å². The summed E-state index contributed by atoms with van der Waals surface area (Å²) in [5, 5.41) is 8.76. The zero-order valence-electron chi connectivity index (χ0n) is 9.01. The van der Waals surface area contributed by atoms with Gasteiger partial charge in [-0.05, 0) is 18.1 Å². The van der Waals surface area contributed by atoms with E-state index in [1.165, 1.54) is 0 Å². The van der Waals surface area contributed by atoms with Crippen molar-refractivity contribution < 1.29 is 14.6 Å². The zero-order valence-corrected chi connectivity index (χ0v) is 9.01. The molecule has 0 aliphatic carbocycles. The highest BCUT2D eigenvalue weighted by Gasteiger charge is 2.25. The van der Waals surface area contributed by atoms with Gasteiger partial charge in [0.1, 0.15) is 6.61 Å². The Labute approximate surface area is 93.6 Å². The molecule has 0 bridgehead atoms. The summed E-state index contributed by atoms with van der Waals surface area (Å²) in [5.74, 6) is -0.415. The number of benzene rings is 1. The summed E-state index contributed by atoms with van der Waals surface area (Å²) < 4.78 is 5.25. The standard InChI is InChI=1S/C12H13NO3/c1-8-4-2-3-5-9(8)6-11-13-10(7-16-11)12(14)15/h2-5,10H,6-7H2,1H3,(H,14,15). The van der Waals surface area contributed by atoms with E-state index in [9.17, 15) is 4.79 Å². The molecule has 2 rings (SSSR count). The summed E-state index contributed by atoms with van der Waals surface area (Å²) in [4.78, 5) is 14.7. The molecular weight excluding hydrogens is 206 g/mol. The molecular formula is C12H13NO3. The van der Waals surface area contributed by atoms with Crippen LogP contribution in [0.25, 0.3) is 0 Å². The monoisotopic (exact) mass is 219 g/mol. The molecule has 0 saturated carbocycles. The number of rotatable bonds is 3. The Morgan fingerprint density at radius 1 is 1.56 bits per heavy atom. The zero-order chi connectivity index (χ0) is 11.5. The highest BCUT2D eigenvalue weighted by Crippen LogP contribution is 2.13. The van der Waals surface area contributed by atoms with Crippen LogP contribution in [0.3, 0.4) is 0 Å². The molecule has 0 amide bonds. The maximum absolute atomic E-state index is 10.7. The van der Waals surface area contributed by atoms with Gasteiger partial charge in [0.05, 0.1) is 0 Å². The molecule has 1 aromatic carbocycles. The van der Waals surface area contributed by atoms with Crippen LogP contribution >= 0.6 is 0 Å². The van der Waals surface area contributed by atoms with Crippen LogP contribution in [0.2, 0.25) is 0 Å². The van der Waals surface area contributed by atoms with Gasteiger partial charge in [0.15, 0.2) is 11.9 Å². The number of hydrogen-bond donors (Lipinski definition) is 1. The molecule has 84 valence electrons. The first-order chi connectivity index (χ1) is 7.66. The van der Waals surface area contributed by atoms with E-state index in [1.807, 2.05) is 31.2 Å². The summed E-state index contributed by atoms with van der Waals surface area (Å²) in [5.41, 5.74) is 2.28. The van der Waals surface area contributed by atoms with Crippen molar-refractivity contribution in [1.82, 2.24) is 0 Å². The number of aryl methyl sites for hydroxylation is 1. The molecule has 0 spiro atoms.